The molecular weight excluding hydrogens is 240 g/mol. The van der Waals surface area contributed by atoms with Crippen LogP contribution in [0.1, 0.15) is 0 Å². The van der Waals surface area contributed by atoms with Crippen LogP contribution in [-0.2, 0) is 0 Å². The van der Waals surface area contributed by atoms with Gasteiger partial charge in [-0.2, -0.15) is 4.73 Å². The topological polar surface area (TPSA) is 63.9 Å². The predicted octanol–water partition coefficient (Wildman–Crippen LogP) is 0.581. The molecule has 1 fully saturated rings. The molecule has 2 aromatic rings. The summed E-state index contributed by atoms with van der Waals surface area (Å²) in [4.78, 5) is 3.78. The van der Waals surface area contributed by atoms with Crippen LogP contribution in [0.2, 0.25) is 0 Å². The van der Waals surface area contributed by atoms with E-state index in [9.17, 15) is 5.21 Å². The molecular formula is C14H20N4O. The van der Waals surface area contributed by atoms with Gasteiger partial charge >= 0.3 is 0 Å². The Balaban J connectivity index is 0.000000143. The minimum atomic E-state index is 0.750. The van der Waals surface area contributed by atoms with Gasteiger partial charge in [-0.1, -0.05) is 12.1 Å². The Morgan fingerprint density at radius 2 is 1.21 bits per heavy atom. The summed E-state index contributed by atoms with van der Waals surface area (Å²) in [5.74, 6) is 0. The van der Waals surface area contributed by atoms with Crippen molar-refractivity contribution in [3.63, 3.8) is 0 Å². The Hall–Kier alpha value is -1.98. The Morgan fingerprint density at radius 3 is 1.42 bits per heavy atom. The first-order valence-electron chi connectivity index (χ1n) is 6.30. The first-order valence-corrected chi connectivity index (χ1v) is 6.30. The molecule has 2 aromatic heterocycles. The van der Waals surface area contributed by atoms with Crippen LogP contribution in [0.3, 0.4) is 0 Å². The molecule has 5 heteroatoms. The van der Waals surface area contributed by atoms with Gasteiger partial charge in [0.05, 0.1) is 0 Å². The maximum absolute atomic E-state index is 10.2. The summed E-state index contributed by atoms with van der Waals surface area (Å²) in [6, 6.07) is 10.9. The molecule has 0 atom stereocenters. The number of hydrogen-bond donors (Lipinski definition) is 2. The van der Waals surface area contributed by atoms with Gasteiger partial charge in [0.25, 0.3) is 0 Å². The van der Waals surface area contributed by atoms with E-state index in [1.807, 2.05) is 18.2 Å². The van der Waals surface area contributed by atoms with Gasteiger partial charge < -0.3 is 15.8 Å². The molecule has 0 aromatic carbocycles. The van der Waals surface area contributed by atoms with E-state index in [0.29, 0.717) is 0 Å². The lowest BCUT2D eigenvalue weighted by molar-refractivity contribution is -0.605. The van der Waals surface area contributed by atoms with Crippen molar-refractivity contribution in [1.82, 2.24) is 15.6 Å². The number of nitrogens with zero attached hydrogens (tertiary/aromatic N) is 2. The second-order valence-electron chi connectivity index (χ2n) is 3.76. The summed E-state index contributed by atoms with van der Waals surface area (Å²) in [6.45, 7) is 4.56. The fraction of sp³-hybridized carbons (Fsp3) is 0.286. The molecule has 1 saturated heterocycles. The quantitative estimate of drug-likeness (QED) is 0.537. The Kier molecular flexibility index (Phi) is 8.83. The zero-order chi connectivity index (χ0) is 13.6. The van der Waals surface area contributed by atoms with Crippen molar-refractivity contribution >= 4 is 0 Å². The third-order valence-electron chi connectivity index (χ3n) is 2.21. The summed E-state index contributed by atoms with van der Waals surface area (Å²) in [7, 11) is 0. The molecule has 3 rings (SSSR count). The molecule has 3 heterocycles. The van der Waals surface area contributed by atoms with E-state index in [-0.39, 0.29) is 0 Å². The van der Waals surface area contributed by atoms with Crippen molar-refractivity contribution in [2.75, 3.05) is 26.2 Å². The van der Waals surface area contributed by atoms with Crippen LogP contribution in [0, 0.1) is 5.21 Å². The van der Waals surface area contributed by atoms with Crippen molar-refractivity contribution in [2.24, 2.45) is 0 Å². The first kappa shape index (κ1) is 15.1. The Labute approximate surface area is 113 Å². The average molecular weight is 260 g/mol. The zero-order valence-electron chi connectivity index (χ0n) is 10.9. The van der Waals surface area contributed by atoms with Crippen molar-refractivity contribution in [3.05, 3.63) is 66.4 Å². The van der Waals surface area contributed by atoms with Crippen LogP contribution >= 0.6 is 0 Å². The van der Waals surface area contributed by atoms with Crippen LogP contribution in [0.25, 0.3) is 0 Å². The minimum Gasteiger partial charge on any atom is -0.619 e. The zero-order valence-corrected chi connectivity index (χ0v) is 10.9. The molecule has 102 valence electrons. The van der Waals surface area contributed by atoms with Crippen molar-refractivity contribution < 1.29 is 4.73 Å². The number of pyridine rings is 2. The van der Waals surface area contributed by atoms with Gasteiger partial charge in [0.2, 0.25) is 0 Å². The van der Waals surface area contributed by atoms with Gasteiger partial charge in [-0.15, -0.1) is 0 Å². The highest BCUT2D eigenvalue weighted by molar-refractivity contribution is 4.88. The van der Waals surface area contributed by atoms with Gasteiger partial charge in [0.15, 0.2) is 12.4 Å². The van der Waals surface area contributed by atoms with Crippen LogP contribution in [0.4, 0.5) is 0 Å². The highest BCUT2D eigenvalue weighted by Gasteiger charge is 1.91. The molecule has 0 amide bonds. The minimum absolute atomic E-state index is 0.750. The molecule has 19 heavy (non-hydrogen) atoms. The van der Waals surface area contributed by atoms with E-state index in [0.717, 1.165) is 30.9 Å². The van der Waals surface area contributed by atoms with Crippen LogP contribution < -0.4 is 15.4 Å². The average Bonchev–Trinajstić information content (AvgIpc) is 2.53. The van der Waals surface area contributed by atoms with E-state index >= 15 is 0 Å². The number of rotatable bonds is 0. The molecule has 0 aliphatic carbocycles. The summed E-state index contributed by atoms with van der Waals surface area (Å²) < 4.78 is 0.750. The number of nitrogens with one attached hydrogen (secondary N) is 2. The lowest BCUT2D eigenvalue weighted by Crippen LogP contribution is -2.39. The molecule has 2 N–H and O–H groups in total. The third-order valence-corrected chi connectivity index (χ3v) is 2.21. The summed E-state index contributed by atoms with van der Waals surface area (Å²) in [5.41, 5.74) is 0. The first-order chi connectivity index (χ1) is 9.39. The number of aromatic nitrogens is 2. The molecule has 1 aliphatic rings. The van der Waals surface area contributed by atoms with Gasteiger partial charge in [-0.05, 0) is 12.1 Å². The largest absolute Gasteiger partial charge is 0.619 e. The van der Waals surface area contributed by atoms with Crippen molar-refractivity contribution in [1.29, 1.82) is 0 Å². The maximum atomic E-state index is 10.2. The van der Waals surface area contributed by atoms with Crippen molar-refractivity contribution in [3.8, 4) is 0 Å². The summed E-state index contributed by atoms with van der Waals surface area (Å²) in [6.07, 6.45) is 6.39. The predicted molar refractivity (Wildman–Crippen MR) is 75.4 cm³/mol. The normalized spacial score (nSPS) is 13.3. The molecule has 0 unspecified atom stereocenters. The summed E-state index contributed by atoms with van der Waals surface area (Å²) in [5, 5.41) is 16.6. The van der Waals surface area contributed by atoms with Gasteiger partial charge in [-0.25, -0.2) is 0 Å². The molecule has 0 spiro atoms. The maximum Gasteiger partial charge on any atom is 0.180 e. The number of hydrogen-bond acceptors (Lipinski definition) is 4. The van der Waals surface area contributed by atoms with E-state index in [1.54, 1.807) is 30.6 Å². The van der Waals surface area contributed by atoms with Gasteiger partial charge in [-0.3, -0.25) is 4.98 Å². The number of piperazine rings is 1. The lowest BCUT2D eigenvalue weighted by atomic mass is 10.4. The van der Waals surface area contributed by atoms with E-state index in [4.69, 9.17) is 0 Å². The van der Waals surface area contributed by atoms with E-state index in [2.05, 4.69) is 15.6 Å². The second-order valence-corrected chi connectivity index (χ2v) is 3.76. The SMILES string of the molecule is C1CNCCN1.[O-][n+]1ccccc1.c1ccncc1. The van der Waals surface area contributed by atoms with Crippen LogP contribution in [-0.4, -0.2) is 31.2 Å². The molecule has 1 aliphatic heterocycles. The van der Waals surface area contributed by atoms with Crippen LogP contribution in [0.15, 0.2) is 61.2 Å². The third kappa shape index (κ3) is 9.70. The smallest absolute Gasteiger partial charge is 0.180 e. The molecule has 0 radical (unpaired) electrons. The Bertz CT molecular complexity index is 354. The van der Waals surface area contributed by atoms with E-state index in [1.165, 1.54) is 12.4 Å². The second kappa shape index (κ2) is 11.1. The van der Waals surface area contributed by atoms with E-state index < -0.39 is 0 Å². The lowest BCUT2D eigenvalue weighted by Gasteiger charge is -2.11. The standard InChI is InChI=1S/C5H5NO.C5H5N.C4H10N2/c7-6-4-2-1-3-5-6;1-2-4-6-5-3-1;1-2-6-4-3-5-1/h1-5H;1-5H;5-6H,1-4H2. The Morgan fingerprint density at radius 1 is 0.737 bits per heavy atom. The highest BCUT2D eigenvalue weighted by Crippen LogP contribution is 1.74. The molecule has 0 bridgehead atoms. The van der Waals surface area contributed by atoms with Gasteiger partial charge in [0.1, 0.15) is 0 Å². The molecule has 0 saturated carbocycles. The fourth-order valence-corrected chi connectivity index (χ4v) is 1.30. The summed E-state index contributed by atoms with van der Waals surface area (Å²) >= 11 is 0. The molecule has 5 nitrogen and oxygen atoms in total. The highest BCUT2D eigenvalue weighted by atomic mass is 16.5. The fourth-order valence-electron chi connectivity index (χ4n) is 1.30. The van der Waals surface area contributed by atoms with Crippen molar-refractivity contribution in [2.45, 2.75) is 0 Å². The van der Waals surface area contributed by atoms with Crippen LogP contribution in [0.5, 0.6) is 0 Å². The monoisotopic (exact) mass is 260 g/mol. The van der Waals surface area contributed by atoms with Gasteiger partial charge in [0, 0.05) is 50.7 Å².